The van der Waals surface area contributed by atoms with Gasteiger partial charge in [0.1, 0.15) is 6.26 Å². The van der Waals surface area contributed by atoms with E-state index in [4.69, 9.17) is 4.42 Å². The first-order valence-corrected chi connectivity index (χ1v) is 7.12. The van der Waals surface area contributed by atoms with E-state index in [-0.39, 0.29) is 18.3 Å². The van der Waals surface area contributed by atoms with Crippen LogP contribution in [0.1, 0.15) is 17.7 Å². The van der Waals surface area contributed by atoms with Crippen LogP contribution in [0.15, 0.2) is 34.9 Å². The van der Waals surface area contributed by atoms with Crippen LogP contribution in [0.4, 0.5) is 0 Å². The fourth-order valence-electron chi connectivity index (χ4n) is 1.91. The lowest BCUT2D eigenvalue weighted by Crippen LogP contribution is -2.28. The van der Waals surface area contributed by atoms with Crippen LogP contribution in [0.25, 0.3) is 11.5 Å². The summed E-state index contributed by atoms with van der Waals surface area (Å²) in [5, 5.41) is 5.81. The molecule has 0 spiro atoms. The number of aryl methyl sites for hydroxylation is 1. The first-order chi connectivity index (χ1) is 10.2. The van der Waals surface area contributed by atoms with Crippen LogP contribution in [0.2, 0.25) is 0 Å². The Bertz CT molecular complexity index is 581. The highest BCUT2D eigenvalue weighted by atomic mass is 35.5. The number of nitrogens with zero attached hydrogens (tertiary/aromatic N) is 1. The van der Waals surface area contributed by atoms with Crippen molar-refractivity contribution < 1.29 is 9.21 Å². The molecule has 0 aliphatic rings. The summed E-state index contributed by atoms with van der Waals surface area (Å²) in [5.41, 5.74) is 3.01. The third kappa shape index (κ3) is 5.50. The number of benzene rings is 1. The van der Waals surface area contributed by atoms with Crippen molar-refractivity contribution in [1.82, 2.24) is 15.6 Å². The molecule has 2 N–H and O–H groups in total. The number of nitrogens with one attached hydrogen (secondary N) is 2. The zero-order valence-electron chi connectivity index (χ0n) is 12.9. The van der Waals surface area contributed by atoms with Gasteiger partial charge in [-0.1, -0.05) is 17.7 Å². The molecule has 2 rings (SSSR count). The number of aromatic nitrogens is 1. The van der Waals surface area contributed by atoms with Gasteiger partial charge in [0.05, 0.1) is 5.69 Å². The zero-order chi connectivity index (χ0) is 15.1. The summed E-state index contributed by atoms with van der Waals surface area (Å²) < 4.78 is 5.48. The molecule has 120 valence electrons. The Morgan fingerprint density at radius 1 is 1.23 bits per heavy atom. The molecule has 6 heteroatoms. The van der Waals surface area contributed by atoms with Crippen molar-refractivity contribution >= 4 is 18.3 Å². The molecule has 0 atom stereocenters. The van der Waals surface area contributed by atoms with Gasteiger partial charge in [0, 0.05) is 31.5 Å². The Morgan fingerprint density at radius 3 is 2.64 bits per heavy atom. The molecule has 0 saturated heterocycles. The molecule has 0 unspecified atom stereocenters. The first kappa shape index (κ1) is 18.2. The number of amides is 1. The highest BCUT2D eigenvalue weighted by Crippen LogP contribution is 2.19. The lowest BCUT2D eigenvalue weighted by atomic mass is 10.1. The first-order valence-electron chi connectivity index (χ1n) is 7.12. The van der Waals surface area contributed by atoms with Crippen molar-refractivity contribution in [3.63, 3.8) is 0 Å². The Morgan fingerprint density at radius 2 is 1.95 bits per heavy atom. The molecule has 2 aromatic rings. The number of halogens is 1. The largest absolute Gasteiger partial charge is 0.444 e. The smallest absolute Gasteiger partial charge is 0.226 e. The molecule has 0 radical (unpaired) electrons. The highest BCUT2D eigenvalue weighted by molar-refractivity contribution is 5.85. The van der Waals surface area contributed by atoms with E-state index in [1.54, 1.807) is 6.26 Å². The van der Waals surface area contributed by atoms with Crippen LogP contribution in [0, 0.1) is 6.92 Å². The van der Waals surface area contributed by atoms with Crippen molar-refractivity contribution in [3.8, 4) is 11.5 Å². The van der Waals surface area contributed by atoms with E-state index in [1.807, 2.05) is 38.2 Å². The summed E-state index contributed by atoms with van der Waals surface area (Å²) in [6, 6.07) is 8.04. The number of rotatable bonds is 7. The topological polar surface area (TPSA) is 67.2 Å². The van der Waals surface area contributed by atoms with Crippen LogP contribution >= 0.6 is 12.4 Å². The van der Waals surface area contributed by atoms with Crippen molar-refractivity contribution in [3.05, 3.63) is 41.8 Å². The number of carbonyl (C=O) groups excluding carboxylic acids is 1. The Hall–Kier alpha value is -1.85. The van der Waals surface area contributed by atoms with Gasteiger partial charge in [-0.25, -0.2) is 4.98 Å². The maximum absolute atomic E-state index is 11.5. The third-order valence-electron chi connectivity index (χ3n) is 3.16. The molecule has 0 aliphatic heterocycles. The quantitative estimate of drug-likeness (QED) is 0.820. The van der Waals surface area contributed by atoms with Crippen LogP contribution in [-0.2, 0) is 11.2 Å². The second-order valence-electron chi connectivity index (χ2n) is 4.96. The van der Waals surface area contributed by atoms with Crippen molar-refractivity contribution in [2.45, 2.75) is 19.8 Å². The molecular formula is C16H22ClN3O2. The van der Waals surface area contributed by atoms with E-state index in [1.165, 1.54) is 5.56 Å². The van der Waals surface area contributed by atoms with Gasteiger partial charge in [-0.05, 0) is 26.1 Å². The van der Waals surface area contributed by atoms with Crippen molar-refractivity contribution in [2.24, 2.45) is 0 Å². The number of oxazole rings is 1. The summed E-state index contributed by atoms with van der Waals surface area (Å²) in [4.78, 5) is 15.9. The van der Waals surface area contributed by atoms with E-state index in [9.17, 15) is 4.79 Å². The standard InChI is InChI=1S/C16H21N3O2.ClH/c1-12-3-5-13(6-4-12)16-19-14(11-21-16)7-10-18-15(20)8-9-17-2;/h3-6,11,17H,7-10H2,1-2H3,(H,18,20);1H. The number of carbonyl (C=O) groups is 1. The fraction of sp³-hybridized carbons (Fsp3) is 0.375. The molecule has 22 heavy (non-hydrogen) atoms. The SMILES string of the molecule is CNCCC(=O)NCCc1coc(-c2ccc(C)cc2)n1.Cl. The van der Waals surface area contributed by atoms with Gasteiger partial charge in [0.2, 0.25) is 11.8 Å². The van der Waals surface area contributed by atoms with Gasteiger partial charge < -0.3 is 15.1 Å². The van der Waals surface area contributed by atoms with Gasteiger partial charge in [0.15, 0.2) is 0 Å². The van der Waals surface area contributed by atoms with Crippen molar-refractivity contribution in [2.75, 3.05) is 20.1 Å². The molecule has 0 bridgehead atoms. The number of hydrogen-bond donors (Lipinski definition) is 2. The lowest BCUT2D eigenvalue weighted by molar-refractivity contribution is -0.120. The van der Waals surface area contributed by atoms with Crippen LogP contribution in [-0.4, -0.2) is 31.0 Å². The van der Waals surface area contributed by atoms with Gasteiger partial charge in [-0.3, -0.25) is 4.79 Å². The monoisotopic (exact) mass is 323 g/mol. The van der Waals surface area contributed by atoms with E-state index >= 15 is 0 Å². The summed E-state index contributed by atoms with van der Waals surface area (Å²) in [6.07, 6.45) is 2.81. The molecule has 1 aromatic heterocycles. The molecule has 0 fully saturated rings. The average molecular weight is 324 g/mol. The van der Waals surface area contributed by atoms with Crippen LogP contribution in [0.5, 0.6) is 0 Å². The maximum atomic E-state index is 11.5. The van der Waals surface area contributed by atoms with Crippen molar-refractivity contribution in [1.29, 1.82) is 0 Å². The van der Waals surface area contributed by atoms with E-state index < -0.39 is 0 Å². The average Bonchev–Trinajstić information content (AvgIpc) is 2.95. The third-order valence-corrected chi connectivity index (χ3v) is 3.16. The van der Waals surface area contributed by atoms with Gasteiger partial charge in [0.25, 0.3) is 0 Å². The molecular weight excluding hydrogens is 302 g/mol. The van der Waals surface area contributed by atoms with Crippen LogP contribution in [0.3, 0.4) is 0 Å². The summed E-state index contributed by atoms with van der Waals surface area (Å²) in [6.45, 7) is 3.30. The molecule has 0 saturated carbocycles. The second-order valence-corrected chi connectivity index (χ2v) is 4.96. The molecule has 1 aromatic carbocycles. The maximum Gasteiger partial charge on any atom is 0.226 e. The molecule has 5 nitrogen and oxygen atoms in total. The zero-order valence-corrected chi connectivity index (χ0v) is 13.7. The van der Waals surface area contributed by atoms with E-state index in [0.717, 1.165) is 11.3 Å². The minimum Gasteiger partial charge on any atom is -0.444 e. The second kappa shape index (κ2) is 9.23. The normalized spacial score (nSPS) is 10.1. The predicted molar refractivity (Wildman–Crippen MR) is 89.2 cm³/mol. The molecule has 1 amide bonds. The highest BCUT2D eigenvalue weighted by Gasteiger charge is 2.07. The van der Waals surface area contributed by atoms with Gasteiger partial charge in [-0.2, -0.15) is 0 Å². The summed E-state index contributed by atoms with van der Waals surface area (Å²) in [5.74, 6) is 0.665. The summed E-state index contributed by atoms with van der Waals surface area (Å²) >= 11 is 0. The lowest BCUT2D eigenvalue weighted by Gasteiger charge is -2.02. The molecule has 1 heterocycles. The van der Waals surface area contributed by atoms with E-state index in [0.29, 0.717) is 31.8 Å². The number of hydrogen-bond acceptors (Lipinski definition) is 4. The van der Waals surface area contributed by atoms with E-state index in [2.05, 4.69) is 15.6 Å². The minimum absolute atomic E-state index is 0. The Kier molecular flexibility index (Phi) is 7.63. The predicted octanol–water partition coefficient (Wildman–Crippen LogP) is 2.34. The fourth-order valence-corrected chi connectivity index (χ4v) is 1.91. The Labute approximate surface area is 136 Å². The van der Waals surface area contributed by atoms with Crippen LogP contribution < -0.4 is 10.6 Å². The summed E-state index contributed by atoms with van der Waals surface area (Å²) in [7, 11) is 1.83. The van der Waals surface area contributed by atoms with Gasteiger partial charge >= 0.3 is 0 Å². The molecule has 0 aliphatic carbocycles. The minimum atomic E-state index is 0. The Balaban J connectivity index is 0.00000242. The van der Waals surface area contributed by atoms with Gasteiger partial charge in [-0.15, -0.1) is 12.4 Å².